The van der Waals surface area contributed by atoms with Gasteiger partial charge in [-0.05, 0) is 49.2 Å². The van der Waals surface area contributed by atoms with E-state index < -0.39 is 0 Å². The molecule has 0 fully saturated rings. The predicted molar refractivity (Wildman–Crippen MR) is 84.5 cm³/mol. The minimum atomic E-state index is -0.355. The topological polar surface area (TPSA) is 29.5 Å². The maximum absolute atomic E-state index is 13.6. The fraction of sp³-hybridized carbons (Fsp3) is 0.278. The summed E-state index contributed by atoms with van der Waals surface area (Å²) in [7, 11) is 1.61. The molecule has 116 valence electrons. The van der Waals surface area contributed by atoms with Crippen LogP contribution in [0.4, 0.5) is 4.39 Å². The van der Waals surface area contributed by atoms with Gasteiger partial charge in [-0.15, -0.1) is 0 Å². The maximum Gasteiger partial charge on any atom is 0.254 e. The van der Waals surface area contributed by atoms with E-state index in [1.165, 1.54) is 6.07 Å². The summed E-state index contributed by atoms with van der Waals surface area (Å²) in [6.45, 7) is 4.62. The summed E-state index contributed by atoms with van der Waals surface area (Å²) in [5.41, 5.74) is 1.91. The number of methoxy groups -OCH3 is 1. The largest absolute Gasteiger partial charge is 0.497 e. The summed E-state index contributed by atoms with van der Waals surface area (Å²) >= 11 is 0. The molecule has 0 aromatic heterocycles. The third-order valence-electron chi connectivity index (χ3n) is 3.62. The molecule has 1 amide bonds. The number of amides is 1. The lowest BCUT2D eigenvalue weighted by molar-refractivity contribution is 0.0752. The zero-order valence-electron chi connectivity index (χ0n) is 13.1. The lowest BCUT2D eigenvalue weighted by Gasteiger charge is -2.21. The maximum atomic E-state index is 13.6. The van der Waals surface area contributed by atoms with Gasteiger partial charge in [-0.2, -0.15) is 0 Å². The quantitative estimate of drug-likeness (QED) is 0.840. The number of ether oxygens (including phenoxy) is 1. The number of halogens is 1. The second-order valence-electron chi connectivity index (χ2n) is 5.13. The molecule has 2 rings (SSSR count). The second-order valence-corrected chi connectivity index (χ2v) is 5.13. The average molecular weight is 301 g/mol. The molecule has 0 aliphatic carbocycles. The van der Waals surface area contributed by atoms with Crippen LogP contribution in [-0.2, 0) is 6.54 Å². The van der Waals surface area contributed by atoms with Crippen LogP contribution in [0.25, 0.3) is 0 Å². The molecular formula is C18H20FNO2. The second kappa shape index (κ2) is 7.07. The summed E-state index contributed by atoms with van der Waals surface area (Å²) in [6.07, 6.45) is 0. The van der Waals surface area contributed by atoms with Gasteiger partial charge in [0.25, 0.3) is 5.91 Å². The minimum Gasteiger partial charge on any atom is -0.497 e. The lowest BCUT2D eigenvalue weighted by atomic mass is 10.1. The van der Waals surface area contributed by atoms with Crippen LogP contribution in [0.3, 0.4) is 0 Å². The Hall–Kier alpha value is -2.36. The van der Waals surface area contributed by atoms with E-state index in [2.05, 4.69) is 0 Å². The number of rotatable bonds is 5. The van der Waals surface area contributed by atoms with Crippen molar-refractivity contribution < 1.29 is 13.9 Å². The molecule has 3 nitrogen and oxygen atoms in total. The lowest BCUT2D eigenvalue weighted by Crippen LogP contribution is -2.30. The van der Waals surface area contributed by atoms with Crippen LogP contribution in [0.15, 0.2) is 42.5 Å². The highest BCUT2D eigenvalue weighted by molar-refractivity contribution is 5.94. The molecule has 0 atom stereocenters. The van der Waals surface area contributed by atoms with Crippen molar-refractivity contribution in [3.63, 3.8) is 0 Å². The Kier molecular flexibility index (Phi) is 5.15. The number of carbonyl (C=O) groups excluding carboxylic acids is 1. The van der Waals surface area contributed by atoms with Crippen molar-refractivity contribution in [2.45, 2.75) is 20.4 Å². The Balaban J connectivity index is 2.15. The van der Waals surface area contributed by atoms with E-state index >= 15 is 0 Å². The molecule has 0 unspecified atom stereocenters. The van der Waals surface area contributed by atoms with Crippen molar-refractivity contribution in [1.29, 1.82) is 0 Å². The van der Waals surface area contributed by atoms with Crippen molar-refractivity contribution in [3.8, 4) is 5.75 Å². The van der Waals surface area contributed by atoms with E-state index in [0.29, 0.717) is 24.2 Å². The Morgan fingerprint density at radius 1 is 1.18 bits per heavy atom. The third-order valence-corrected chi connectivity index (χ3v) is 3.62. The van der Waals surface area contributed by atoms with E-state index in [4.69, 9.17) is 4.74 Å². The first kappa shape index (κ1) is 16.0. The molecule has 0 radical (unpaired) electrons. The highest BCUT2D eigenvalue weighted by atomic mass is 19.1. The SMILES string of the molecule is CCN(Cc1ccc(OC)cc1)C(=O)c1ccc(C)c(F)c1. The van der Waals surface area contributed by atoms with Gasteiger partial charge in [-0.3, -0.25) is 4.79 Å². The molecule has 0 saturated carbocycles. The fourth-order valence-corrected chi connectivity index (χ4v) is 2.19. The molecule has 0 saturated heterocycles. The van der Waals surface area contributed by atoms with Gasteiger partial charge in [0.2, 0.25) is 0 Å². The molecule has 0 heterocycles. The van der Waals surface area contributed by atoms with E-state index in [0.717, 1.165) is 11.3 Å². The summed E-state index contributed by atoms with van der Waals surface area (Å²) in [4.78, 5) is 14.2. The van der Waals surface area contributed by atoms with Gasteiger partial charge < -0.3 is 9.64 Å². The number of nitrogens with zero attached hydrogens (tertiary/aromatic N) is 1. The van der Waals surface area contributed by atoms with Crippen LogP contribution >= 0.6 is 0 Å². The number of hydrogen-bond acceptors (Lipinski definition) is 2. The van der Waals surface area contributed by atoms with Gasteiger partial charge in [0.05, 0.1) is 7.11 Å². The molecule has 0 bridgehead atoms. The Morgan fingerprint density at radius 3 is 2.41 bits per heavy atom. The van der Waals surface area contributed by atoms with Gasteiger partial charge in [0.15, 0.2) is 0 Å². The third kappa shape index (κ3) is 3.64. The van der Waals surface area contributed by atoms with Crippen molar-refractivity contribution >= 4 is 5.91 Å². The van der Waals surface area contributed by atoms with Crippen molar-refractivity contribution in [2.24, 2.45) is 0 Å². The first-order valence-electron chi connectivity index (χ1n) is 7.23. The predicted octanol–water partition coefficient (Wildman–Crippen LogP) is 3.81. The molecule has 2 aromatic carbocycles. The average Bonchev–Trinajstić information content (AvgIpc) is 2.55. The molecule has 22 heavy (non-hydrogen) atoms. The van der Waals surface area contributed by atoms with Crippen LogP contribution in [0.5, 0.6) is 5.75 Å². The number of hydrogen-bond donors (Lipinski definition) is 0. The highest BCUT2D eigenvalue weighted by Crippen LogP contribution is 2.16. The number of aryl methyl sites for hydroxylation is 1. The van der Waals surface area contributed by atoms with Gasteiger partial charge in [-0.25, -0.2) is 4.39 Å². The monoisotopic (exact) mass is 301 g/mol. The minimum absolute atomic E-state index is 0.169. The zero-order chi connectivity index (χ0) is 16.1. The zero-order valence-corrected chi connectivity index (χ0v) is 13.1. The molecule has 0 spiro atoms. The van der Waals surface area contributed by atoms with Gasteiger partial charge in [0, 0.05) is 18.7 Å². The van der Waals surface area contributed by atoms with Crippen molar-refractivity contribution in [2.75, 3.05) is 13.7 Å². The molecule has 0 aliphatic heterocycles. The van der Waals surface area contributed by atoms with E-state index in [-0.39, 0.29) is 11.7 Å². The standard InChI is InChI=1S/C18H20FNO2/c1-4-20(12-14-6-9-16(22-3)10-7-14)18(21)15-8-5-13(2)17(19)11-15/h5-11H,4,12H2,1-3H3. The van der Waals surface area contributed by atoms with Gasteiger partial charge in [-0.1, -0.05) is 18.2 Å². The summed E-state index contributed by atoms with van der Waals surface area (Å²) < 4.78 is 18.8. The highest BCUT2D eigenvalue weighted by Gasteiger charge is 2.15. The summed E-state index contributed by atoms with van der Waals surface area (Å²) in [5.74, 6) is 0.252. The number of benzene rings is 2. The van der Waals surface area contributed by atoms with Crippen LogP contribution in [0.1, 0.15) is 28.4 Å². The van der Waals surface area contributed by atoms with Gasteiger partial charge in [0.1, 0.15) is 11.6 Å². The van der Waals surface area contributed by atoms with E-state index in [1.54, 1.807) is 31.1 Å². The van der Waals surface area contributed by atoms with E-state index in [9.17, 15) is 9.18 Å². The Bertz CT molecular complexity index is 653. The Labute approximate surface area is 130 Å². The first-order chi connectivity index (χ1) is 10.5. The molecule has 0 N–H and O–H groups in total. The number of carbonyl (C=O) groups is 1. The van der Waals surface area contributed by atoms with Gasteiger partial charge >= 0.3 is 0 Å². The van der Waals surface area contributed by atoms with Crippen molar-refractivity contribution in [1.82, 2.24) is 4.90 Å². The molecule has 0 aliphatic rings. The van der Waals surface area contributed by atoms with Crippen LogP contribution < -0.4 is 4.74 Å². The van der Waals surface area contributed by atoms with E-state index in [1.807, 2.05) is 31.2 Å². The smallest absolute Gasteiger partial charge is 0.254 e. The summed E-state index contributed by atoms with van der Waals surface area (Å²) in [5, 5.41) is 0. The molecule has 4 heteroatoms. The van der Waals surface area contributed by atoms with Crippen molar-refractivity contribution in [3.05, 3.63) is 65.0 Å². The fourth-order valence-electron chi connectivity index (χ4n) is 2.19. The molecular weight excluding hydrogens is 281 g/mol. The molecule has 2 aromatic rings. The first-order valence-corrected chi connectivity index (χ1v) is 7.23. The summed E-state index contributed by atoms with van der Waals surface area (Å²) in [6, 6.07) is 12.2. The van der Waals surface area contributed by atoms with Crippen LogP contribution in [0, 0.1) is 12.7 Å². The normalized spacial score (nSPS) is 10.4. The van der Waals surface area contributed by atoms with Crippen LogP contribution in [-0.4, -0.2) is 24.5 Å². The van der Waals surface area contributed by atoms with Crippen LogP contribution in [0.2, 0.25) is 0 Å². The Morgan fingerprint density at radius 2 is 1.86 bits per heavy atom.